The van der Waals surface area contributed by atoms with Gasteiger partial charge in [0.15, 0.2) is 0 Å². The number of hydrogen-bond donors (Lipinski definition) is 0. The lowest BCUT2D eigenvalue weighted by atomic mass is 9.55. The zero-order valence-corrected chi connectivity index (χ0v) is 21.8. The van der Waals surface area contributed by atoms with Crippen LogP contribution in [0.1, 0.15) is 89.3 Å². The van der Waals surface area contributed by atoms with Crippen LogP contribution in [0, 0.1) is 28.6 Å². The number of allylic oxidation sites excluding steroid dienone is 2. The summed E-state index contributed by atoms with van der Waals surface area (Å²) in [6.07, 6.45) is 10.3. The van der Waals surface area contributed by atoms with E-state index in [0.717, 1.165) is 30.4 Å². The minimum absolute atomic E-state index is 0.212. The maximum atomic E-state index is 9.27. The summed E-state index contributed by atoms with van der Waals surface area (Å²) in [6.45, 7) is 16.4. The molecule has 0 radical (unpaired) electrons. The number of nitriles is 1. The number of hydrogen-bond acceptors (Lipinski definition) is 2. The van der Waals surface area contributed by atoms with Crippen molar-refractivity contribution in [2.75, 3.05) is 0 Å². The maximum absolute atomic E-state index is 9.27. The van der Waals surface area contributed by atoms with Gasteiger partial charge in [-0.3, -0.25) is 0 Å². The number of aryl methyl sites for hydroxylation is 2. The van der Waals surface area contributed by atoms with Crippen molar-refractivity contribution in [3.05, 3.63) is 40.5 Å². The molecule has 0 spiro atoms. The molecule has 0 amide bonds. The molecule has 0 heterocycles. The predicted octanol–water partition coefficient (Wildman–Crippen LogP) is 7.94. The Labute approximate surface area is 191 Å². The maximum Gasteiger partial charge on any atom is 0.250 e. The van der Waals surface area contributed by atoms with Crippen LogP contribution in [0.3, 0.4) is 0 Å². The predicted molar refractivity (Wildman–Crippen MR) is 132 cm³/mol. The van der Waals surface area contributed by atoms with Crippen molar-refractivity contribution in [1.29, 1.82) is 5.26 Å². The van der Waals surface area contributed by atoms with E-state index in [1.807, 2.05) is 6.08 Å². The first kappa shape index (κ1) is 22.7. The van der Waals surface area contributed by atoms with E-state index in [1.54, 1.807) is 11.1 Å². The largest absolute Gasteiger partial charge is 0.543 e. The lowest BCUT2D eigenvalue weighted by molar-refractivity contribution is 0.0814. The van der Waals surface area contributed by atoms with Crippen molar-refractivity contribution in [2.24, 2.45) is 17.3 Å². The monoisotopic (exact) mass is 435 g/mol. The van der Waals surface area contributed by atoms with Gasteiger partial charge in [0, 0.05) is 6.08 Å². The number of fused-ring (bicyclic) bond motifs is 5. The topological polar surface area (TPSA) is 33.0 Å². The average Bonchev–Trinajstić information content (AvgIpc) is 3.03. The molecular formula is C28H41NOSi. The zero-order valence-electron chi connectivity index (χ0n) is 20.8. The van der Waals surface area contributed by atoms with Crippen molar-refractivity contribution in [3.63, 3.8) is 0 Å². The van der Waals surface area contributed by atoms with Crippen LogP contribution in [0.25, 0.3) is 0 Å². The highest BCUT2D eigenvalue weighted by Gasteiger charge is 2.52. The molecule has 168 valence electrons. The van der Waals surface area contributed by atoms with Gasteiger partial charge in [-0.2, -0.15) is 5.26 Å². The summed E-state index contributed by atoms with van der Waals surface area (Å²) in [6, 6.07) is 7.28. The Kier molecular flexibility index (Phi) is 5.70. The highest BCUT2D eigenvalue weighted by molar-refractivity contribution is 6.74. The van der Waals surface area contributed by atoms with Crippen LogP contribution < -0.4 is 4.43 Å². The van der Waals surface area contributed by atoms with Crippen LogP contribution in [0.2, 0.25) is 18.1 Å². The molecule has 0 aromatic heterocycles. The van der Waals surface area contributed by atoms with Crippen molar-refractivity contribution in [2.45, 2.75) is 104 Å². The first-order valence-electron chi connectivity index (χ1n) is 12.5. The van der Waals surface area contributed by atoms with Gasteiger partial charge in [-0.1, -0.05) is 46.3 Å². The van der Waals surface area contributed by atoms with Gasteiger partial charge >= 0.3 is 0 Å². The van der Waals surface area contributed by atoms with Gasteiger partial charge in [0.2, 0.25) is 8.32 Å². The van der Waals surface area contributed by atoms with Gasteiger partial charge in [-0.25, -0.2) is 0 Å². The number of rotatable bonds is 3. The Hall–Kier alpha value is -1.53. The Morgan fingerprint density at radius 2 is 1.94 bits per heavy atom. The van der Waals surface area contributed by atoms with Crippen molar-refractivity contribution in [3.8, 4) is 11.8 Å². The lowest BCUT2D eigenvalue weighted by Crippen LogP contribution is -2.44. The molecule has 1 aromatic carbocycles. The van der Waals surface area contributed by atoms with Gasteiger partial charge in [0.1, 0.15) is 5.75 Å². The molecule has 4 unspecified atom stereocenters. The van der Waals surface area contributed by atoms with Crippen LogP contribution in [0.4, 0.5) is 0 Å². The highest BCUT2D eigenvalue weighted by atomic mass is 28.4. The van der Waals surface area contributed by atoms with Crippen LogP contribution in [-0.2, 0) is 12.8 Å². The molecular weight excluding hydrogens is 394 g/mol. The molecule has 1 aromatic rings. The van der Waals surface area contributed by atoms with Crippen LogP contribution >= 0.6 is 0 Å². The van der Waals surface area contributed by atoms with E-state index in [9.17, 15) is 5.26 Å². The van der Waals surface area contributed by atoms with E-state index in [2.05, 4.69) is 65.9 Å². The van der Waals surface area contributed by atoms with E-state index in [0.29, 0.717) is 5.92 Å². The number of benzene rings is 1. The molecule has 0 saturated heterocycles. The molecule has 3 aliphatic rings. The minimum Gasteiger partial charge on any atom is -0.543 e. The first-order chi connectivity index (χ1) is 14.5. The first-order valence-corrected chi connectivity index (χ1v) is 15.4. The molecule has 31 heavy (non-hydrogen) atoms. The van der Waals surface area contributed by atoms with Crippen molar-refractivity contribution in [1.82, 2.24) is 0 Å². The highest BCUT2D eigenvalue weighted by Crippen LogP contribution is 2.63. The second-order valence-electron chi connectivity index (χ2n) is 12.1. The van der Waals surface area contributed by atoms with Crippen molar-refractivity contribution < 1.29 is 4.43 Å². The average molecular weight is 436 g/mol. The fraction of sp³-hybridized carbons (Fsp3) is 0.679. The van der Waals surface area contributed by atoms with E-state index in [1.165, 1.54) is 43.2 Å². The van der Waals surface area contributed by atoms with Crippen LogP contribution in [-0.4, -0.2) is 8.32 Å². The molecule has 2 nitrogen and oxygen atoms in total. The van der Waals surface area contributed by atoms with Gasteiger partial charge < -0.3 is 4.43 Å². The second-order valence-corrected chi connectivity index (χ2v) is 16.8. The third-order valence-corrected chi connectivity index (χ3v) is 13.9. The van der Waals surface area contributed by atoms with Gasteiger partial charge in [0.25, 0.3) is 0 Å². The molecule has 0 bridgehead atoms. The summed E-state index contributed by atoms with van der Waals surface area (Å²) in [5, 5.41) is 9.49. The number of nitrogens with zero attached hydrogens (tertiary/aromatic N) is 1. The summed E-state index contributed by atoms with van der Waals surface area (Å²) >= 11 is 0. The molecule has 4 rings (SSSR count). The molecule has 2 saturated carbocycles. The normalized spacial score (nSPS) is 31.5. The second kappa shape index (κ2) is 7.80. The smallest absolute Gasteiger partial charge is 0.250 e. The molecule has 0 aliphatic heterocycles. The van der Waals surface area contributed by atoms with E-state index < -0.39 is 8.32 Å². The van der Waals surface area contributed by atoms with Gasteiger partial charge in [0.05, 0.1) is 6.07 Å². The summed E-state index contributed by atoms with van der Waals surface area (Å²) in [7, 11) is -1.85. The van der Waals surface area contributed by atoms with Gasteiger partial charge in [-0.15, -0.1) is 0 Å². The van der Waals surface area contributed by atoms with E-state index in [4.69, 9.17) is 4.43 Å². The lowest BCUT2D eigenvalue weighted by Gasteiger charge is -2.49. The summed E-state index contributed by atoms with van der Waals surface area (Å²) in [5.74, 6) is 3.36. The summed E-state index contributed by atoms with van der Waals surface area (Å²) in [5.41, 5.74) is 6.25. The van der Waals surface area contributed by atoms with Crippen molar-refractivity contribution >= 4 is 8.32 Å². The van der Waals surface area contributed by atoms with E-state index >= 15 is 0 Å². The minimum atomic E-state index is -1.85. The molecule has 2 fully saturated rings. The third-order valence-electron chi connectivity index (χ3n) is 9.54. The Bertz CT molecular complexity index is 932. The third kappa shape index (κ3) is 3.69. The van der Waals surface area contributed by atoms with Crippen LogP contribution in [0.5, 0.6) is 5.75 Å². The quantitative estimate of drug-likeness (QED) is 0.356. The van der Waals surface area contributed by atoms with Crippen LogP contribution in [0.15, 0.2) is 23.8 Å². The molecule has 0 N–H and O–H groups in total. The fourth-order valence-corrected chi connectivity index (χ4v) is 7.65. The Balaban J connectivity index is 1.67. The fourth-order valence-electron chi connectivity index (χ4n) is 6.61. The Morgan fingerprint density at radius 3 is 2.58 bits per heavy atom. The Morgan fingerprint density at radius 1 is 1.19 bits per heavy atom. The summed E-state index contributed by atoms with van der Waals surface area (Å²) < 4.78 is 6.82. The SMILES string of the molecule is CCc1cc2c(cc1O[Si](C)(C)C(C)(C)C)CCC1C2CCC2(C)/C(=C/C#N)CCC12. The molecule has 3 aliphatic carbocycles. The standard InChI is InChI=1S/C28H41NOSi/c1-8-19-17-24-20(18-26(19)30-31(6,7)27(2,3)4)9-11-23-22(24)13-15-28(5)21(14-16-29)10-12-25(23)28/h14,17-18,22-23,25H,8-13,15H2,1-7H3/b21-14+. The zero-order chi connectivity index (χ0) is 22.6. The molecule has 3 heteroatoms. The molecule has 4 atom stereocenters. The van der Waals surface area contributed by atoms with E-state index in [-0.39, 0.29) is 10.5 Å². The summed E-state index contributed by atoms with van der Waals surface area (Å²) in [4.78, 5) is 0. The van der Waals surface area contributed by atoms with Gasteiger partial charge in [-0.05, 0) is 109 Å².